The quantitative estimate of drug-likeness (QED) is 0.643. The van der Waals surface area contributed by atoms with Crippen molar-refractivity contribution in [1.29, 1.82) is 0 Å². The zero-order chi connectivity index (χ0) is 19.6. The predicted octanol–water partition coefficient (Wildman–Crippen LogP) is 2.34. The molecule has 0 atom stereocenters. The van der Waals surface area contributed by atoms with Crippen molar-refractivity contribution >= 4 is 23.3 Å². The van der Waals surface area contributed by atoms with E-state index in [2.05, 4.69) is 15.1 Å². The lowest BCUT2D eigenvalue weighted by molar-refractivity contribution is -0.122. The molecule has 0 fully saturated rings. The molecule has 0 saturated heterocycles. The van der Waals surface area contributed by atoms with Gasteiger partial charge in [-0.3, -0.25) is 4.79 Å². The first-order chi connectivity index (χ1) is 12.9. The van der Waals surface area contributed by atoms with Crippen LogP contribution >= 0.6 is 0 Å². The van der Waals surface area contributed by atoms with E-state index >= 15 is 0 Å². The molecule has 0 radical (unpaired) electrons. The first-order valence-electron chi connectivity index (χ1n) is 8.62. The maximum absolute atomic E-state index is 12.6. The van der Waals surface area contributed by atoms with Crippen LogP contribution in [0, 0.1) is 13.8 Å². The zero-order valence-corrected chi connectivity index (χ0v) is 15.7. The van der Waals surface area contributed by atoms with Gasteiger partial charge in [-0.2, -0.15) is 4.98 Å². The Hall–Kier alpha value is -3.29. The molecule has 0 aliphatic heterocycles. The standard InChI is InChI=1S/C19H21N5O3/c1-12(2)23(15-8-6-5-7-9-15)16(25)11-27-18(26)17-21-19-20-13(3)10-14(4)24(19)22-17/h5-10,12H,11H2,1-4H3. The largest absolute Gasteiger partial charge is 0.450 e. The number of nitrogens with zero attached hydrogens (tertiary/aromatic N) is 5. The second kappa shape index (κ2) is 7.53. The maximum atomic E-state index is 12.6. The molecule has 2 heterocycles. The number of benzene rings is 1. The van der Waals surface area contributed by atoms with E-state index in [1.807, 2.05) is 64.1 Å². The number of hydrogen-bond acceptors (Lipinski definition) is 6. The van der Waals surface area contributed by atoms with Crippen molar-refractivity contribution in [2.45, 2.75) is 33.7 Å². The summed E-state index contributed by atoms with van der Waals surface area (Å²) in [6.07, 6.45) is 0. The first kappa shape index (κ1) is 18.5. The Morgan fingerprint density at radius 1 is 1.15 bits per heavy atom. The van der Waals surface area contributed by atoms with Gasteiger partial charge in [0.15, 0.2) is 6.61 Å². The van der Waals surface area contributed by atoms with Crippen LogP contribution in [0.3, 0.4) is 0 Å². The molecule has 0 aliphatic rings. The van der Waals surface area contributed by atoms with Crippen LogP contribution in [0.1, 0.15) is 35.9 Å². The number of anilines is 1. The smallest absolute Gasteiger partial charge is 0.378 e. The lowest BCUT2D eigenvalue weighted by atomic mass is 10.2. The molecule has 27 heavy (non-hydrogen) atoms. The highest BCUT2D eigenvalue weighted by molar-refractivity contribution is 5.96. The SMILES string of the molecule is Cc1cc(C)n2nc(C(=O)OCC(=O)N(c3ccccc3)C(C)C)nc2n1. The maximum Gasteiger partial charge on any atom is 0.378 e. The molecule has 8 heteroatoms. The van der Waals surface area contributed by atoms with Gasteiger partial charge in [0, 0.05) is 23.1 Å². The third-order valence-electron chi connectivity index (χ3n) is 3.95. The summed E-state index contributed by atoms with van der Waals surface area (Å²) in [4.78, 5) is 34.8. The summed E-state index contributed by atoms with van der Waals surface area (Å²) in [5, 5.41) is 4.11. The fraction of sp³-hybridized carbons (Fsp3) is 0.316. The van der Waals surface area contributed by atoms with E-state index in [4.69, 9.17) is 4.74 Å². The number of esters is 1. The Bertz CT molecular complexity index is 982. The predicted molar refractivity (Wildman–Crippen MR) is 99.6 cm³/mol. The summed E-state index contributed by atoms with van der Waals surface area (Å²) in [6.45, 7) is 7.07. The average molecular weight is 367 g/mol. The number of ether oxygens (including phenoxy) is 1. The average Bonchev–Trinajstić information content (AvgIpc) is 3.05. The van der Waals surface area contributed by atoms with Crippen LogP contribution in [0.25, 0.3) is 5.78 Å². The van der Waals surface area contributed by atoms with Gasteiger partial charge in [-0.15, -0.1) is 5.10 Å². The van der Waals surface area contributed by atoms with Gasteiger partial charge in [0.05, 0.1) is 0 Å². The highest BCUT2D eigenvalue weighted by Gasteiger charge is 2.22. The lowest BCUT2D eigenvalue weighted by Gasteiger charge is -2.26. The van der Waals surface area contributed by atoms with E-state index in [-0.39, 0.29) is 17.8 Å². The minimum Gasteiger partial charge on any atom is -0.450 e. The number of aromatic nitrogens is 4. The number of para-hydroxylation sites is 1. The van der Waals surface area contributed by atoms with Crippen LogP contribution in [-0.2, 0) is 9.53 Å². The highest BCUT2D eigenvalue weighted by atomic mass is 16.5. The summed E-state index contributed by atoms with van der Waals surface area (Å²) in [6, 6.07) is 11.0. The van der Waals surface area contributed by atoms with Crippen molar-refractivity contribution in [2.75, 3.05) is 11.5 Å². The minimum atomic E-state index is -0.761. The molecule has 0 saturated carbocycles. The minimum absolute atomic E-state index is 0.0817. The van der Waals surface area contributed by atoms with E-state index in [9.17, 15) is 9.59 Å². The molecule has 0 bridgehead atoms. The topological polar surface area (TPSA) is 89.7 Å². The van der Waals surface area contributed by atoms with Crippen LogP contribution in [0.5, 0.6) is 0 Å². The molecular weight excluding hydrogens is 346 g/mol. The molecule has 3 aromatic rings. The monoisotopic (exact) mass is 367 g/mol. The highest BCUT2D eigenvalue weighted by Crippen LogP contribution is 2.17. The first-order valence-corrected chi connectivity index (χ1v) is 8.62. The fourth-order valence-corrected chi connectivity index (χ4v) is 2.83. The van der Waals surface area contributed by atoms with E-state index in [1.165, 1.54) is 4.52 Å². The van der Waals surface area contributed by atoms with Gasteiger partial charge in [0.25, 0.3) is 17.5 Å². The number of hydrogen-bond donors (Lipinski definition) is 0. The Labute approximate surface area is 156 Å². The lowest BCUT2D eigenvalue weighted by Crippen LogP contribution is -2.40. The molecule has 0 N–H and O–H groups in total. The van der Waals surface area contributed by atoms with Gasteiger partial charge >= 0.3 is 5.97 Å². The van der Waals surface area contributed by atoms with E-state index in [0.29, 0.717) is 5.78 Å². The normalized spacial score (nSPS) is 11.0. The van der Waals surface area contributed by atoms with Gasteiger partial charge in [-0.1, -0.05) is 18.2 Å². The second-order valence-corrected chi connectivity index (χ2v) is 6.46. The van der Waals surface area contributed by atoms with Crippen molar-refractivity contribution in [1.82, 2.24) is 19.6 Å². The number of rotatable bonds is 5. The Kier molecular flexibility index (Phi) is 5.16. The molecule has 0 unspecified atom stereocenters. The number of amides is 1. The number of fused-ring (bicyclic) bond motifs is 1. The summed E-state index contributed by atoms with van der Waals surface area (Å²) in [5.74, 6) is -0.889. The van der Waals surface area contributed by atoms with E-state index in [0.717, 1.165) is 17.1 Å². The van der Waals surface area contributed by atoms with Gasteiger partial charge in [-0.25, -0.2) is 14.3 Å². The fourth-order valence-electron chi connectivity index (χ4n) is 2.83. The number of carbonyl (C=O) groups excluding carboxylic acids is 2. The molecule has 3 rings (SSSR count). The summed E-state index contributed by atoms with van der Waals surface area (Å²) in [5.41, 5.74) is 2.32. The van der Waals surface area contributed by atoms with Crippen LogP contribution in [0.15, 0.2) is 36.4 Å². The number of aryl methyl sites for hydroxylation is 2. The van der Waals surface area contributed by atoms with Crippen molar-refractivity contribution in [2.24, 2.45) is 0 Å². The molecular formula is C19H21N5O3. The van der Waals surface area contributed by atoms with Crippen molar-refractivity contribution in [3.05, 3.63) is 53.6 Å². The van der Waals surface area contributed by atoms with Crippen molar-refractivity contribution in [3.63, 3.8) is 0 Å². The zero-order valence-electron chi connectivity index (χ0n) is 15.7. The second-order valence-electron chi connectivity index (χ2n) is 6.46. The molecule has 1 aromatic carbocycles. The number of carbonyl (C=O) groups is 2. The van der Waals surface area contributed by atoms with Gasteiger partial charge < -0.3 is 9.64 Å². The van der Waals surface area contributed by atoms with E-state index < -0.39 is 12.6 Å². The third kappa shape index (κ3) is 3.94. The van der Waals surface area contributed by atoms with Crippen molar-refractivity contribution in [3.8, 4) is 0 Å². The van der Waals surface area contributed by atoms with Crippen LogP contribution in [-0.4, -0.2) is 44.1 Å². The van der Waals surface area contributed by atoms with Crippen LogP contribution < -0.4 is 4.90 Å². The molecule has 140 valence electrons. The van der Waals surface area contributed by atoms with Gasteiger partial charge in [-0.05, 0) is 45.9 Å². The summed E-state index contributed by atoms with van der Waals surface area (Å²) in [7, 11) is 0. The van der Waals surface area contributed by atoms with Crippen LogP contribution in [0.2, 0.25) is 0 Å². The van der Waals surface area contributed by atoms with Crippen LogP contribution in [0.4, 0.5) is 5.69 Å². The van der Waals surface area contributed by atoms with Gasteiger partial charge in [0.2, 0.25) is 0 Å². The molecule has 1 amide bonds. The summed E-state index contributed by atoms with van der Waals surface area (Å²) < 4.78 is 6.61. The molecule has 8 nitrogen and oxygen atoms in total. The molecule has 2 aromatic heterocycles. The summed E-state index contributed by atoms with van der Waals surface area (Å²) >= 11 is 0. The Balaban J connectivity index is 1.73. The Morgan fingerprint density at radius 2 is 1.85 bits per heavy atom. The van der Waals surface area contributed by atoms with E-state index in [1.54, 1.807) is 4.90 Å². The molecule has 0 aliphatic carbocycles. The molecule has 0 spiro atoms. The van der Waals surface area contributed by atoms with Crippen molar-refractivity contribution < 1.29 is 14.3 Å². The Morgan fingerprint density at radius 3 is 2.52 bits per heavy atom. The van der Waals surface area contributed by atoms with Gasteiger partial charge in [0.1, 0.15) is 0 Å². The third-order valence-corrected chi connectivity index (χ3v) is 3.95.